The summed E-state index contributed by atoms with van der Waals surface area (Å²) >= 11 is 0. The standard InChI is InChI=1S/C13H21BN4/c1-4-5-6-7-8-9-12(2)18-13(15-3)17-11-16-10-14/h4-12H,14H2,1-3H3,(H,15,18)/b5-4-,7-6-,9-8-,16-10+,17-11-. The molecule has 1 N–H and O–H groups in total. The summed E-state index contributed by atoms with van der Waals surface area (Å²) in [5.74, 6) is 0.565. The zero-order chi connectivity index (χ0) is 13.6. The summed E-state index contributed by atoms with van der Waals surface area (Å²) < 4.78 is 0. The number of aliphatic imine (C=N–C) groups is 3. The molecule has 0 spiro atoms. The predicted molar refractivity (Wildman–Crippen MR) is 84.6 cm³/mol. The lowest BCUT2D eigenvalue weighted by molar-refractivity contribution is 0.797. The molecule has 0 fully saturated rings. The first-order chi connectivity index (χ1) is 8.74. The molecule has 4 nitrogen and oxygen atoms in total. The number of allylic oxidation sites excluding steroid dienone is 5. The Morgan fingerprint density at radius 2 is 1.94 bits per heavy atom. The van der Waals surface area contributed by atoms with Crippen LogP contribution in [0.1, 0.15) is 13.8 Å². The van der Waals surface area contributed by atoms with Gasteiger partial charge in [-0.15, -0.1) is 0 Å². The summed E-state index contributed by atoms with van der Waals surface area (Å²) in [7, 11) is 3.53. The quantitative estimate of drug-likeness (QED) is 0.337. The van der Waals surface area contributed by atoms with Gasteiger partial charge in [0, 0.05) is 13.1 Å². The monoisotopic (exact) mass is 244 g/mol. The van der Waals surface area contributed by atoms with Crippen molar-refractivity contribution >= 4 is 26.3 Å². The number of nitrogens with one attached hydrogen (secondary N) is 1. The summed E-state index contributed by atoms with van der Waals surface area (Å²) in [6.07, 6.45) is 15.1. The van der Waals surface area contributed by atoms with Crippen LogP contribution in [0.5, 0.6) is 0 Å². The Morgan fingerprint density at radius 1 is 1.22 bits per heavy atom. The van der Waals surface area contributed by atoms with Gasteiger partial charge in [0.1, 0.15) is 6.34 Å². The number of rotatable bonds is 5. The molecule has 0 aromatic carbocycles. The molecular weight excluding hydrogens is 223 g/mol. The fraction of sp³-hybridized carbons (Fsp3) is 0.308. The summed E-state index contributed by atoms with van der Waals surface area (Å²) in [6, 6.07) is 0.154. The van der Waals surface area contributed by atoms with Crippen molar-refractivity contribution in [3.05, 3.63) is 36.5 Å². The Balaban J connectivity index is 4.24. The van der Waals surface area contributed by atoms with Crippen LogP contribution < -0.4 is 5.32 Å². The Hall–Kier alpha value is -1.91. The Morgan fingerprint density at radius 3 is 2.56 bits per heavy atom. The highest BCUT2D eigenvalue weighted by molar-refractivity contribution is 6.50. The minimum atomic E-state index is 0.154. The topological polar surface area (TPSA) is 49.1 Å². The van der Waals surface area contributed by atoms with Crippen LogP contribution in [0.3, 0.4) is 0 Å². The normalized spacial score (nSPS) is 15.8. The lowest BCUT2D eigenvalue weighted by atomic mass is 10.2. The van der Waals surface area contributed by atoms with Crippen molar-refractivity contribution in [2.45, 2.75) is 19.9 Å². The third kappa shape index (κ3) is 9.33. The van der Waals surface area contributed by atoms with Crippen LogP contribution in [0.15, 0.2) is 51.4 Å². The second-order valence-corrected chi connectivity index (χ2v) is 3.43. The van der Waals surface area contributed by atoms with Gasteiger partial charge in [-0.2, -0.15) is 0 Å². The third-order valence-corrected chi connectivity index (χ3v) is 1.89. The second kappa shape index (κ2) is 11.6. The molecule has 0 rings (SSSR count). The Kier molecular flexibility index (Phi) is 10.4. The fourth-order valence-electron chi connectivity index (χ4n) is 1.04. The van der Waals surface area contributed by atoms with Crippen LogP contribution >= 0.6 is 0 Å². The van der Waals surface area contributed by atoms with Crippen LogP contribution in [0.4, 0.5) is 0 Å². The summed E-state index contributed by atoms with van der Waals surface area (Å²) in [6.45, 7) is 4.02. The molecule has 5 heteroatoms. The van der Waals surface area contributed by atoms with Gasteiger partial charge in [0.2, 0.25) is 5.96 Å². The van der Waals surface area contributed by atoms with Crippen molar-refractivity contribution < 1.29 is 0 Å². The first-order valence-corrected chi connectivity index (χ1v) is 5.94. The van der Waals surface area contributed by atoms with Gasteiger partial charge < -0.3 is 5.32 Å². The molecule has 0 amide bonds. The van der Waals surface area contributed by atoms with E-state index >= 15 is 0 Å². The molecule has 0 aromatic heterocycles. The maximum absolute atomic E-state index is 4.08. The van der Waals surface area contributed by atoms with E-state index in [9.17, 15) is 0 Å². The van der Waals surface area contributed by atoms with Gasteiger partial charge in [-0.3, -0.25) is 9.98 Å². The number of hydrogen-bond acceptors (Lipinski definition) is 1. The van der Waals surface area contributed by atoms with Gasteiger partial charge in [0.15, 0.2) is 7.85 Å². The average Bonchev–Trinajstić information content (AvgIpc) is 2.37. The predicted octanol–water partition coefficient (Wildman–Crippen LogP) is 1.33. The van der Waals surface area contributed by atoms with Crippen molar-refractivity contribution in [2.75, 3.05) is 7.05 Å². The summed E-state index contributed by atoms with van der Waals surface area (Å²) in [5, 5.41) is 3.16. The first kappa shape index (κ1) is 16.1. The SMILES string of the molecule is B/C=N/C=N\C(=N/C)NC(C)\C=C/C=C\C=C/C. The maximum atomic E-state index is 4.08. The molecule has 18 heavy (non-hydrogen) atoms. The van der Waals surface area contributed by atoms with E-state index in [1.165, 1.54) is 6.34 Å². The molecule has 0 aromatic rings. The van der Waals surface area contributed by atoms with Crippen molar-refractivity contribution in [2.24, 2.45) is 15.0 Å². The van der Waals surface area contributed by atoms with Gasteiger partial charge in [0.25, 0.3) is 0 Å². The van der Waals surface area contributed by atoms with Crippen molar-refractivity contribution in [3.63, 3.8) is 0 Å². The smallest absolute Gasteiger partial charge is 0.219 e. The molecule has 0 saturated heterocycles. The zero-order valence-electron chi connectivity index (χ0n) is 11.5. The van der Waals surface area contributed by atoms with E-state index in [1.54, 1.807) is 13.2 Å². The van der Waals surface area contributed by atoms with E-state index in [2.05, 4.69) is 20.3 Å². The van der Waals surface area contributed by atoms with Crippen LogP contribution in [0.25, 0.3) is 0 Å². The molecule has 0 radical (unpaired) electrons. The van der Waals surface area contributed by atoms with Crippen molar-refractivity contribution in [1.82, 2.24) is 5.32 Å². The second-order valence-electron chi connectivity index (χ2n) is 3.43. The molecule has 0 aliphatic carbocycles. The van der Waals surface area contributed by atoms with E-state index in [4.69, 9.17) is 0 Å². The first-order valence-electron chi connectivity index (χ1n) is 5.94. The molecule has 1 atom stereocenters. The Labute approximate surface area is 110 Å². The van der Waals surface area contributed by atoms with Gasteiger partial charge in [-0.05, 0) is 20.0 Å². The number of nitrogens with zero attached hydrogens (tertiary/aromatic N) is 3. The summed E-state index contributed by atoms with van der Waals surface area (Å²) in [4.78, 5) is 12.0. The summed E-state index contributed by atoms with van der Waals surface area (Å²) in [5.41, 5.74) is 0. The van der Waals surface area contributed by atoms with Crippen LogP contribution in [0, 0.1) is 0 Å². The lowest BCUT2D eigenvalue weighted by Gasteiger charge is -2.08. The van der Waals surface area contributed by atoms with Gasteiger partial charge >= 0.3 is 0 Å². The molecule has 1 unspecified atom stereocenters. The molecule has 0 saturated carbocycles. The van der Waals surface area contributed by atoms with Crippen molar-refractivity contribution in [3.8, 4) is 0 Å². The van der Waals surface area contributed by atoms with Gasteiger partial charge in [-0.1, -0.05) is 36.5 Å². The molecule has 0 bridgehead atoms. The highest BCUT2D eigenvalue weighted by Crippen LogP contribution is 1.88. The molecule has 0 aliphatic rings. The molecule has 0 aliphatic heterocycles. The zero-order valence-corrected chi connectivity index (χ0v) is 11.5. The van der Waals surface area contributed by atoms with E-state index in [-0.39, 0.29) is 6.04 Å². The Bertz CT molecular complexity index is 378. The number of guanidine groups is 1. The highest BCUT2D eigenvalue weighted by Gasteiger charge is 1.97. The molecule has 96 valence electrons. The molecule has 0 heterocycles. The average molecular weight is 244 g/mol. The molecular formula is C13H21BN4. The third-order valence-electron chi connectivity index (χ3n) is 1.89. The number of hydrogen-bond donors (Lipinski definition) is 1. The minimum Gasteiger partial charge on any atom is -0.349 e. The van der Waals surface area contributed by atoms with Crippen LogP contribution in [0.2, 0.25) is 0 Å². The highest BCUT2D eigenvalue weighted by atomic mass is 15.1. The van der Waals surface area contributed by atoms with Gasteiger partial charge in [-0.25, -0.2) is 4.99 Å². The van der Waals surface area contributed by atoms with E-state index in [1.807, 2.05) is 58.1 Å². The maximum Gasteiger partial charge on any atom is 0.219 e. The fourth-order valence-corrected chi connectivity index (χ4v) is 1.04. The lowest BCUT2D eigenvalue weighted by Crippen LogP contribution is -2.29. The van der Waals surface area contributed by atoms with Crippen LogP contribution in [-0.2, 0) is 0 Å². The minimum absolute atomic E-state index is 0.154. The van der Waals surface area contributed by atoms with E-state index < -0.39 is 0 Å². The largest absolute Gasteiger partial charge is 0.349 e. The van der Waals surface area contributed by atoms with Gasteiger partial charge in [0.05, 0.1) is 0 Å². The van der Waals surface area contributed by atoms with Crippen LogP contribution in [-0.4, -0.2) is 39.3 Å². The van der Waals surface area contributed by atoms with E-state index in [0.29, 0.717) is 5.96 Å². The van der Waals surface area contributed by atoms with Crippen molar-refractivity contribution in [1.29, 1.82) is 0 Å². The van der Waals surface area contributed by atoms with E-state index in [0.717, 1.165) is 0 Å².